The molecule has 2 aromatic rings. The zero-order valence-corrected chi connectivity index (χ0v) is 14.6. The first-order valence-corrected chi connectivity index (χ1v) is 8.86. The molecular weight excluding hydrogens is 314 g/mol. The Labute approximate surface area is 148 Å². The standard InChI is InChI=1S/C20H25N3O2/c1-16-13-19(15-22(16)14-18-5-3-2-4-6-18)21-12-11-17-7-9-20(10-8-17)23(24)25/h2-10,16,19,21H,11-15H2,1H3. The molecule has 1 saturated heterocycles. The van der Waals surface area contributed by atoms with Crippen LogP contribution in [0.25, 0.3) is 0 Å². The average Bonchev–Trinajstić information content (AvgIpc) is 2.96. The molecule has 1 aliphatic heterocycles. The fraction of sp³-hybridized carbons (Fsp3) is 0.400. The van der Waals surface area contributed by atoms with Crippen molar-refractivity contribution >= 4 is 5.69 Å². The molecule has 0 aromatic heterocycles. The molecule has 0 amide bonds. The highest BCUT2D eigenvalue weighted by molar-refractivity contribution is 5.32. The maximum absolute atomic E-state index is 10.7. The lowest BCUT2D eigenvalue weighted by Crippen LogP contribution is -2.34. The SMILES string of the molecule is CC1CC(NCCc2ccc([N+](=O)[O-])cc2)CN1Cc1ccccc1. The van der Waals surface area contributed by atoms with Gasteiger partial charge in [0.2, 0.25) is 0 Å². The lowest BCUT2D eigenvalue weighted by atomic mass is 10.1. The second-order valence-corrected chi connectivity index (χ2v) is 6.82. The van der Waals surface area contributed by atoms with Crippen molar-refractivity contribution in [2.24, 2.45) is 0 Å². The third-order valence-corrected chi connectivity index (χ3v) is 4.93. The van der Waals surface area contributed by atoms with Gasteiger partial charge in [-0.15, -0.1) is 0 Å². The summed E-state index contributed by atoms with van der Waals surface area (Å²) >= 11 is 0. The predicted octanol–water partition coefficient (Wildman–Crippen LogP) is 3.39. The molecule has 25 heavy (non-hydrogen) atoms. The summed E-state index contributed by atoms with van der Waals surface area (Å²) in [4.78, 5) is 12.9. The summed E-state index contributed by atoms with van der Waals surface area (Å²) in [6.45, 7) is 5.26. The van der Waals surface area contributed by atoms with Crippen LogP contribution >= 0.6 is 0 Å². The van der Waals surface area contributed by atoms with Gasteiger partial charge in [0.1, 0.15) is 0 Å². The van der Waals surface area contributed by atoms with Gasteiger partial charge < -0.3 is 5.32 Å². The number of nitrogens with zero attached hydrogens (tertiary/aromatic N) is 2. The molecule has 2 aromatic carbocycles. The van der Waals surface area contributed by atoms with Gasteiger partial charge in [-0.25, -0.2) is 0 Å². The summed E-state index contributed by atoms with van der Waals surface area (Å²) in [6, 6.07) is 18.5. The Kier molecular flexibility index (Phi) is 5.79. The van der Waals surface area contributed by atoms with Gasteiger partial charge in [0.15, 0.2) is 0 Å². The van der Waals surface area contributed by atoms with E-state index in [1.54, 1.807) is 12.1 Å². The second kappa shape index (κ2) is 8.23. The maximum atomic E-state index is 10.7. The number of rotatable bonds is 7. The van der Waals surface area contributed by atoms with Crippen molar-refractivity contribution in [2.45, 2.75) is 38.4 Å². The molecule has 5 heteroatoms. The molecule has 1 aliphatic rings. The molecule has 132 valence electrons. The van der Waals surface area contributed by atoms with Gasteiger partial charge in [-0.05, 0) is 37.4 Å². The molecule has 0 saturated carbocycles. The molecule has 0 spiro atoms. The van der Waals surface area contributed by atoms with Gasteiger partial charge in [-0.2, -0.15) is 0 Å². The first kappa shape index (κ1) is 17.6. The summed E-state index contributed by atoms with van der Waals surface area (Å²) in [5.41, 5.74) is 2.64. The van der Waals surface area contributed by atoms with E-state index in [2.05, 4.69) is 47.5 Å². The zero-order chi connectivity index (χ0) is 17.6. The van der Waals surface area contributed by atoms with Crippen molar-refractivity contribution in [1.29, 1.82) is 0 Å². The minimum absolute atomic E-state index is 0.151. The quantitative estimate of drug-likeness (QED) is 0.620. The van der Waals surface area contributed by atoms with Gasteiger partial charge in [0.25, 0.3) is 5.69 Å². The third kappa shape index (κ3) is 4.87. The van der Waals surface area contributed by atoms with Crippen LogP contribution in [0.15, 0.2) is 54.6 Å². The highest BCUT2D eigenvalue weighted by atomic mass is 16.6. The van der Waals surface area contributed by atoms with Crippen LogP contribution < -0.4 is 5.32 Å². The molecule has 5 nitrogen and oxygen atoms in total. The van der Waals surface area contributed by atoms with Crippen molar-refractivity contribution < 1.29 is 4.92 Å². The van der Waals surface area contributed by atoms with Gasteiger partial charge in [-0.3, -0.25) is 15.0 Å². The summed E-state index contributed by atoms with van der Waals surface area (Å²) in [5, 5.41) is 14.3. The molecule has 1 fully saturated rings. The highest BCUT2D eigenvalue weighted by Gasteiger charge is 2.28. The normalized spacial score (nSPS) is 20.7. The Morgan fingerprint density at radius 3 is 2.52 bits per heavy atom. The van der Waals surface area contributed by atoms with Crippen LogP contribution in [-0.2, 0) is 13.0 Å². The number of nitro benzene ring substituents is 1. The van der Waals surface area contributed by atoms with Crippen LogP contribution in [0.5, 0.6) is 0 Å². The summed E-state index contributed by atoms with van der Waals surface area (Å²) in [5.74, 6) is 0. The average molecular weight is 339 g/mol. The van der Waals surface area contributed by atoms with Crippen LogP contribution in [0.2, 0.25) is 0 Å². The molecular formula is C20H25N3O2. The van der Waals surface area contributed by atoms with E-state index in [-0.39, 0.29) is 10.6 Å². The fourth-order valence-corrected chi connectivity index (χ4v) is 3.49. The Bertz CT molecular complexity index is 688. The van der Waals surface area contributed by atoms with Gasteiger partial charge in [-0.1, -0.05) is 42.5 Å². The van der Waals surface area contributed by atoms with Gasteiger partial charge in [0.05, 0.1) is 4.92 Å². The Morgan fingerprint density at radius 1 is 1.12 bits per heavy atom. The topological polar surface area (TPSA) is 58.4 Å². The number of hydrogen-bond acceptors (Lipinski definition) is 4. The van der Waals surface area contributed by atoms with Crippen LogP contribution in [0.1, 0.15) is 24.5 Å². The van der Waals surface area contributed by atoms with Crippen molar-refractivity contribution in [1.82, 2.24) is 10.2 Å². The smallest absolute Gasteiger partial charge is 0.269 e. The number of nitro groups is 1. The molecule has 3 rings (SSSR count). The number of nitrogens with one attached hydrogen (secondary N) is 1. The molecule has 0 aliphatic carbocycles. The highest BCUT2D eigenvalue weighted by Crippen LogP contribution is 2.20. The zero-order valence-electron chi connectivity index (χ0n) is 14.6. The van der Waals surface area contributed by atoms with Crippen molar-refractivity contribution in [2.75, 3.05) is 13.1 Å². The number of likely N-dealkylation sites (tertiary alicyclic amines) is 1. The fourth-order valence-electron chi connectivity index (χ4n) is 3.49. The Morgan fingerprint density at radius 2 is 1.84 bits per heavy atom. The van der Waals surface area contributed by atoms with E-state index in [4.69, 9.17) is 0 Å². The first-order valence-electron chi connectivity index (χ1n) is 8.86. The maximum Gasteiger partial charge on any atom is 0.269 e. The van der Waals surface area contributed by atoms with Crippen LogP contribution in [0, 0.1) is 10.1 Å². The van der Waals surface area contributed by atoms with Crippen molar-refractivity contribution in [3.63, 3.8) is 0 Å². The molecule has 1 N–H and O–H groups in total. The van der Waals surface area contributed by atoms with Crippen LogP contribution in [0.4, 0.5) is 5.69 Å². The van der Waals surface area contributed by atoms with Crippen LogP contribution in [-0.4, -0.2) is 35.0 Å². The van der Waals surface area contributed by atoms with E-state index in [1.165, 1.54) is 5.56 Å². The van der Waals surface area contributed by atoms with E-state index in [9.17, 15) is 10.1 Å². The monoisotopic (exact) mass is 339 g/mol. The van der Waals surface area contributed by atoms with Crippen molar-refractivity contribution in [3.8, 4) is 0 Å². The van der Waals surface area contributed by atoms with E-state index < -0.39 is 0 Å². The molecule has 0 radical (unpaired) electrons. The first-order chi connectivity index (χ1) is 12.1. The Hall–Kier alpha value is -2.24. The van der Waals surface area contributed by atoms with E-state index >= 15 is 0 Å². The summed E-state index contributed by atoms with van der Waals surface area (Å²) in [6.07, 6.45) is 2.05. The van der Waals surface area contributed by atoms with Gasteiger partial charge >= 0.3 is 0 Å². The van der Waals surface area contributed by atoms with Crippen molar-refractivity contribution in [3.05, 3.63) is 75.8 Å². The molecule has 1 heterocycles. The summed E-state index contributed by atoms with van der Waals surface area (Å²) in [7, 11) is 0. The minimum Gasteiger partial charge on any atom is -0.312 e. The van der Waals surface area contributed by atoms with E-state index in [0.29, 0.717) is 12.1 Å². The third-order valence-electron chi connectivity index (χ3n) is 4.93. The lowest BCUT2D eigenvalue weighted by molar-refractivity contribution is -0.384. The molecule has 2 atom stereocenters. The largest absolute Gasteiger partial charge is 0.312 e. The minimum atomic E-state index is -0.358. The predicted molar refractivity (Wildman–Crippen MR) is 99.5 cm³/mol. The number of hydrogen-bond donors (Lipinski definition) is 1. The van der Waals surface area contributed by atoms with Crippen LogP contribution in [0.3, 0.4) is 0 Å². The Balaban J connectivity index is 1.44. The summed E-state index contributed by atoms with van der Waals surface area (Å²) < 4.78 is 0. The van der Waals surface area contributed by atoms with E-state index in [1.807, 2.05) is 12.1 Å². The molecule has 0 bridgehead atoms. The number of non-ortho nitro benzene ring substituents is 1. The van der Waals surface area contributed by atoms with Gasteiger partial charge in [0, 0.05) is 37.3 Å². The second-order valence-electron chi connectivity index (χ2n) is 6.82. The number of benzene rings is 2. The van der Waals surface area contributed by atoms with E-state index in [0.717, 1.165) is 38.0 Å². The lowest BCUT2D eigenvalue weighted by Gasteiger charge is -2.21. The molecule has 2 unspecified atom stereocenters.